The zero-order valence-corrected chi connectivity index (χ0v) is 21.9. The Morgan fingerprint density at radius 2 is 1.68 bits per heavy atom. The van der Waals surface area contributed by atoms with Crippen LogP contribution in [0, 0.1) is 13.8 Å². The normalized spacial score (nSPS) is 11.4. The Labute approximate surface area is 219 Å². The molecule has 1 N–H and O–H groups in total. The van der Waals surface area contributed by atoms with Gasteiger partial charge in [-0.25, -0.2) is 13.4 Å². The second-order valence-corrected chi connectivity index (χ2v) is 11.3. The molecule has 0 aliphatic rings. The van der Waals surface area contributed by atoms with E-state index in [-0.39, 0.29) is 28.6 Å². The van der Waals surface area contributed by atoms with Crippen molar-refractivity contribution >= 4 is 48.3 Å². The molecule has 0 fully saturated rings. The van der Waals surface area contributed by atoms with Gasteiger partial charge in [-0.05, 0) is 73.0 Å². The van der Waals surface area contributed by atoms with E-state index in [9.17, 15) is 13.2 Å². The molecule has 0 spiro atoms. The molecule has 7 nitrogen and oxygen atoms in total. The summed E-state index contributed by atoms with van der Waals surface area (Å²) in [4.78, 5) is 24.7. The number of sulfonamides is 1. The lowest BCUT2D eigenvalue weighted by Gasteiger charge is -2.21. The summed E-state index contributed by atoms with van der Waals surface area (Å²) in [6, 6.07) is 22.4. The van der Waals surface area contributed by atoms with Gasteiger partial charge in [0.1, 0.15) is 0 Å². The van der Waals surface area contributed by atoms with Gasteiger partial charge in [-0.3, -0.25) is 19.4 Å². The number of aromatic nitrogens is 2. The SMILES string of the molecule is Cc1cc2nc(N(Cc3cccnc3)C(=O)c3ccccc3NS(=O)(=O)c3ccccc3)sc2cc1C. The molecule has 5 rings (SSSR count). The van der Waals surface area contributed by atoms with Crippen molar-refractivity contribution in [3.63, 3.8) is 0 Å². The van der Waals surface area contributed by atoms with E-state index < -0.39 is 10.0 Å². The van der Waals surface area contributed by atoms with Gasteiger partial charge in [0.2, 0.25) is 0 Å². The van der Waals surface area contributed by atoms with Crippen LogP contribution in [0.4, 0.5) is 10.8 Å². The quantitative estimate of drug-likeness (QED) is 0.282. The van der Waals surface area contributed by atoms with E-state index in [1.807, 2.05) is 32.0 Å². The molecule has 0 aliphatic heterocycles. The number of benzene rings is 3. The second-order valence-electron chi connectivity index (χ2n) is 8.62. The van der Waals surface area contributed by atoms with E-state index in [1.54, 1.807) is 59.8 Å². The van der Waals surface area contributed by atoms with Gasteiger partial charge in [0.25, 0.3) is 15.9 Å². The summed E-state index contributed by atoms with van der Waals surface area (Å²) in [7, 11) is -3.89. The fourth-order valence-electron chi connectivity index (χ4n) is 3.89. The number of para-hydroxylation sites is 1. The number of rotatable bonds is 7. The summed E-state index contributed by atoms with van der Waals surface area (Å²) in [5.41, 5.74) is 4.32. The number of nitrogens with one attached hydrogen (secondary N) is 1. The number of thiazole rings is 1. The van der Waals surface area contributed by atoms with E-state index in [1.165, 1.54) is 23.5 Å². The van der Waals surface area contributed by atoms with Crippen LogP contribution in [-0.2, 0) is 16.6 Å². The molecule has 0 saturated carbocycles. The molecule has 1 amide bonds. The van der Waals surface area contributed by atoms with Crippen molar-refractivity contribution in [2.24, 2.45) is 0 Å². The first-order valence-electron chi connectivity index (χ1n) is 11.6. The summed E-state index contributed by atoms with van der Waals surface area (Å²) in [5.74, 6) is -0.372. The maximum Gasteiger partial charge on any atom is 0.262 e. The summed E-state index contributed by atoms with van der Waals surface area (Å²) < 4.78 is 29.6. The van der Waals surface area contributed by atoms with Crippen molar-refractivity contribution in [1.29, 1.82) is 0 Å². The average molecular weight is 529 g/mol. The number of pyridine rings is 1. The van der Waals surface area contributed by atoms with Crippen LogP contribution in [0.15, 0.2) is 96.2 Å². The predicted molar refractivity (Wildman–Crippen MR) is 148 cm³/mol. The molecule has 2 heterocycles. The lowest BCUT2D eigenvalue weighted by atomic mass is 10.1. The summed E-state index contributed by atoms with van der Waals surface area (Å²) >= 11 is 1.42. The lowest BCUT2D eigenvalue weighted by molar-refractivity contribution is 0.0986. The number of nitrogens with zero attached hydrogens (tertiary/aromatic N) is 3. The molecule has 0 unspecified atom stereocenters. The number of fused-ring (bicyclic) bond motifs is 1. The lowest BCUT2D eigenvalue weighted by Crippen LogP contribution is -2.31. The highest BCUT2D eigenvalue weighted by Crippen LogP contribution is 2.33. The van der Waals surface area contributed by atoms with Crippen LogP contribution >= 0.6 is 11.3 Å². The minimum atomic E-state index is -3.89. The zero-order chi connectivity index (χ0) is 26.0. The standard InChI is InChI=1S/C28H24N4O3S2/c1-19-15-25-26(16-20(19)2)36-28(30-25)32(18-21-9-8-14-29-17-21)27(33)23-12-6-7-13-24(23)31-37(34,35)22-10-4-3-5-11-22/h3-17,31H,18H2,1-2H3. The van der Waals surface area contributed by atoms with Crippen LogP contribution in [-0.4, -0.2) is 24.3 Å². The maximum atomic E-state index is 14.0. The molecule has 2 aromatic heterocycles. The molecule has 0 atom stereocenters. The predicted octanol–water partition coefficient (Wildman–Crippen LogP) is 5.96. The fourth-order valence-corrected chi connectivity index (χ4v) is 6.04. The van der Waals surface area contributed by atoms with Crippen molar-refractivity contribution < 1.29 is 13.2 Å². The third-order valence-electron chi connectivity index (χ3n) is 5.99. The van der Waals surface area contributed by atoms with Gasteiger partial charge in [-0.2, -0.15) is 0 Å². The largest absolute Gasteiger partial charge is 0.279 e. The van der Waals surface area contributed by atoms with Gasteiger partial charge < -0.3 is 0 Å². The van der Waals surface area contributed by atoms with Crippen molar-refractivity contribution in [1.82, 2.24) is 9.97 Å². The highest BCUT2D eigenvalue weighted by Gasteiger charge is 2.26. The summed E-state index contributed by atoms with van der Waals surface area (Å²) in [5, 5.41) is 0.523. The topological polar surface area (TPSA) is 92.3 Å². The van der Waals surface area contributed by atoms with Crippen molar-refractivity contribution in [3.8, 4) is 0 Å². The zero-order valence-electron chi connectivity index (χ0n) is 20.3. The minimum absolute atomic E-state index is 0.112. The van der Waals surface area contributed by atoms with E-state index in [0.717, 1.165) is 26.9 Å². The fraction of sp³-hybridized carbons (Fsp3) is 0.107. The van der Waals surface area contributed by atoms with E-state index in [4.69, 9.17) is 4.98 Å². The number of amides is 1. The molecule has 0 radical (unpaired) electrons. The van der Waals surface area contributed by atoms with E-state index >= 15 is 0 Å². The van der Waals surface area contributed by atoms with Crippen LogP contribution in [0.2, 0.25) is 0 Å². The third-order valence-corrected chi connectivity index (χ3v) is 8.41. The molecule has 37 heavy (non-hydrogen) atoms. The molecular formula is C28H24N4O3S2. The highest BCUT2D eigenvalue weighted by atomic mass is 32.2. The van der Waals surface area contributed by atoms with Crippen molar-refractivity contribution in [3.05, 3.63) is 114 Å². The smallest absolute Gasteiger partial charge is 0.262 e. The van der Waals surface area contributed by atoms with E-state index in [0.29, 0.717) is 5.13 Å². The molecule has 9 heteroatoms. The number of hydrogen-bond acceptors (Lipinski definition) is 6. The van der Waals surface area contributed by atoms with Crippen LogP contribution in [0.3, 0.4) is 0 Å². The molecule has 3 aromatic carbocycles. The van der Waals surface area contributed by atoms with Gasteiger partial charge >= 0.3 is 0 Å². The maximum absolute atomic E-state index is 14.0. The summed E-state index contributed by atoms with van der Waals surface area (Å²) in [6.45, 7) is 4.30. The molecular weight excluding hydrogens is 504 g/mol. The Morgan fingerprint density at radius 3 is 2.43 bits per heavy atom. The van der Waals surface area contributed by atoms with Gasteiger partial charge in [0, 0.05) is 12.4 Å². The Bertz CT molecular complexity index is 1650. The number of carbonyl (C=O) groups is 1. The number of hydrogen-bond donors (Lipinski definition) is 1. The van der Waals surface area contributed by atoms with E-state index in [2.05, 4.69) is 15.8 Å². The average Bonchev–Trinajstić information content (AvgIpc) is 3.30. The van der Waals surface area contributed by atoms with Gasteiger partial charge in [-0.1, -0.05) is 47.7 Å². The molecule has 186 valence electrons. The highest BCUT2D eigenvalue weighted by molar-refractivity contribution is 7.92. The van der Waals surface area contributed by atoms with Gasteiger partial charge in [0.15, 0.2) is 5.13 Å². The first-order chi connectivity index (χ1) is 17.8. The Kier molecular flexibility index (Phi) is 6.73. The Morgan fingerprint density at radius 1 is 0.946 bits per heavy atom. The first kappa shape index (κ1) is 24.6. The Hall–Kier alpha value is -4.08. The molecule has 0 aliphatic carbocycles. The third kappa shape index (κ3) is 5.23. The van der Waals surface area contributed by atoms with Crippen LogP contribution in [0.5, 0.6) is 0 Å². The second kappa shape index (κ2) is 10.1. The van der Waals surface area contributed by atoms with Crippen LogP contribution < -0.4 is 9.62 Å². The van der Waals surface area contributed by atoms with Crippen LogP contribution in [0.25, 0.3) is 10.2 Å². The van der Waals surface area contributed by atoms with Crippen molar-refractivity contribution in [2.75, 3.05) is 9.62 Å². The summed E-state index contributed by atoms with van der Waals surface area (Å²) in [6.07, 6.45) is 3.37. The minimum Gasteiger partial charge on any atom is -0.279 e. The number of anilines is 2. The van der Waals surface area contributed by atoms with Crippen molar-refractivity contribution in [2.45, 2.75) is 25.3 Å². The van der Waals surface area contributed by atoms with Gasteiger partial charge in [-0.15, -0.1) is 0 Å². The molecule has 5 aromatic rings. The monoisotopic (exact) mass is 528 g/mol. The van der Waals surface area contributed by atoms with Gasteiger partial charge in [0.05, 0.1) is 32.9 Å². The number of aryl methyl sites for hydroxylation is 2. The molecule has 0 bridgehead atoms. The van der Waals surface area contributed by atoms with Crippen LogP contribution in [0.1, 0.15) is 27.0 Å². The first-order valence-corrected chi connectivity index (χ1v) is 13.9. The molecule has 0 saturated heterocycles. The number of carbonyl (C=O) groups excluding carboxylic acids is 1. The Balaban J connectivity index is 1.57.